The lowest BCUT2D eigenvalue weighted by molar-refractivity contribution is 0.0600. The molecule has 0 aliphatic rings. The van der Waals surface area contributed by atoms with Gasteiger partial charge >= 0.3 is 5.97 Å². The second-order valence-electron chi connectivity index (χ2n) is 4.89. The van der Waals surface area contributed by atoms with Crippen molar-refractivity contribution in [2.75, 3.05) is 7.11 Å². The Hall–Kier alpha value is -1.20. The number of nitrogens with one attached hydrogen (secondary N) is 1. The maximum Gasteiger partial charge on any atom is 0.337 e. The van der Waals surface area contributed by atoms with Crippen LogP contribution in [0.1, 0.15) is 36.7 Å². The van der Waals surface area contributed by atoms with E-state index in [1.54, 1.807) is 12.1 Å². The Balaban J connectivity index is 2.60. The van der Waals surface area contributed by atoms with Gasteiger partial charge in [-0.3, -0.25) is 0 Å². The second kappa shape index (κ2) is 6.11. The third kappa shape index (κ3) is 4.23. The van der Waals surface area contributed by atoms with E-state index in [1.807, 2.05) is 32.9 Å². The summed E-state index contributed by atoms with van der Waals surface area (Å²) in [5.74, 6) is -0.354. The predicted octanol–water partition coefficient (Wildman–Crippen LogP) is 2.02. The number of hydrogen-bond donors (Lipinski definition) is 1. The van der Waals surface area contributed by atoms with Gasteiger partial charge in [-0.1, -0.05) is 12.1 Å². The molecule has 0 fully saturated rings. The fraction of sp³-hybridized carbons (Fsp3) is 0.462. The predicted molar refractivity (Wildman–Crippen MR) is 72.5 cm³/mol. The van der Waals surface area contributed by atoms with Crippen molar-refractivity contribution in [3.05, 3.63) is 35.4 Å². The highest BCUT2D eigenvalue weighted by Gasteiger charge is 2.18. The van der Waals surface area contributed by atoms with Crippen LogP contribution in [0.2, 0.25) is 0 Å². The van der Waals surface area contributed by atoms with Crippen molar-refractivity contribution < 1.29 is 13.7 Å². The monoisotopic (exact) mass is 269 g/mol. The smallest absolute Gasteiger partial charge is 0.337 e. The van der Waals surface area contributed by atoms with Crippen LogP contribution in [-0.4, -0.2) is 22.0 Å². The molecule has 5 heteroatoms. The Morgan fingerprint density at radius 3 is 2.28 bits per heavy atom. The summed E-state index contributed by atoms with van der Waals surface area (Å²) in [6.45, 7) is 6.24. The first-order chi connectivity index (χ1) is 8.34. The van der Waals surface area contributed by atoms with E-state index in [1.165, 1.54) is 7.11 Å². The zero-order chi connectivity index (χ0) is 13.8. The molecule has 0 aliphatic carbocycles. The lowest BCUT2D eigenvalue weighted by Gasteiger charge is -2.18. The van der Waals surface area contributed by atoms with E-state index in [0.717, 1.165) is 5.56 Å². The van der Waals surface area contributed by atoms with Crippen LogP contribution in [-0.2, 0) is 22.3 Å². The van der Waals surface area contributed by atoms with E-state index in [-0.39, 0.29) is 10.7 Å². The summed E-state index contributed by atoms with van der Waals surface area (Å²) < 4.78 is 19.1. The van der Waals surface area contributed by atoms with Gasteiger partial charge in [-0.05, 0) is 38.5 Å². The standard InChI is InChI=1S/C13H19NO3S/c1-13(2,3)18(16)14-9-10-5-7-11(8-6-10)12(15)17-4/h5-8,14H,9H2,1-4H3. The summed E-state index contributed by atoms with van der Waals surface area (Å²) in [4.78, 5) is 11.2. The minimum Gasteiger partial charge on any atom is -0.465 e. The van der Waals surface area contributed by atoms with Crippen molar-refractivity contribution in [1.82, 2.24) is 4.72 Å². The highest BCUT2D eigenvalue weighted by atomic mass is 32.2. The largest absolute Gasteiger partial charge is 0.465 e. The molecule has 0 aromatic heterocycles. The summed E-state index contributed by atoms with van der Waals surface area (Å²) in [6, 6.07) is 7.03. The topological polar surface area (TPSA) is 55.4 Å². The number of benzene rings is 1. The molecule has 100 valence electrons. The van der Waals surface area contributed by atoms with Crippen molar-refractivity contribution in [1.29, 1.82) is 0 Å². The molecule has 1 atom stereocenters. The molecular weight excluding hydrogens is 250 g/mol. The summed E-state index contributed by atoms with van der Waals surface area (Å²) >= 11 is 0. The van der Waals surface area contributed by atoms with E-state index < -0.39 is 11.0 Å². The number of hydrogen-bond acceptors (Lipinski definition) is 3. The molecule has 0 heterocycles. The fourth-order valence-corrected chi connectivity index (χ4v) is 1.97. The van der Waals surface area contributed by atoms with Crippen molar-refractivity contribution in [2.45, 2.75) is 32.1 Å². The van der Waals surface area contributed by atoms with Crippen LogP contribution in [0.4, 0.5) is 0 Å². The molecule has 1 N–H and O–H groups in total. The third-order valence-corrected chi connectivity index (χ3v) is 3.86. The van der Waals surface area contributed by atoms with E-state index in [9.17, 15) is 9.00 Å². The SMILES string of the molecule is COC(=O)c1ccc(CNS(=O)C(C)(C)C)cc1. The van der Waals surface area contributed by atoms with Gasteiger partial charge in [0.05, 0.1) is 28.4 Å². The third-order valence-electron chi connectivity index (χ3n) is 2.34. The quantitative estimate of drug-likeness (QED) is 0.851. The molecule has 1 aromatic rings. The average Bonchev–Trinajstić information content (AvgIpc) is 2.34. The molecule has 0 aliphatic heterocycles. The van der Waals surface area contributed by atoms with Crippen molar-refractivity contribution in [2.24, 2.45) is 0 Å². The first-order valence-corrected chi connectivity index (χ1v) is 6.82. The van der Waals surface area contributed by atoms with Crippen molar-refractivity contribution >= 4 is 17.0 Å². The highest BCUT2D eigenvalue weighted by molar-refractivity contribution is 7.84. The molecule has 0 amide bonds. The number of carbonyl (C=O) groups excluding carboxylic acids is 1. The Bertz CT molecular complexity index is 435. The average molecular weight is 269 g/mol. The molecule has 1 rings (SSSR count). The lowest BCUT2D eigenvalue weighted by atomic mass is 10.1. The van der Waals surface area contributed by atoms with Crippen molar-refractivity contribution in [3.63, 3.8) is 0 Å². The molecular formula is C13H19NO3S. The van der Waals surface area contributed by atoms with Crippen LogP contribution < -0.4 is 4.72 Å². The second-order valence-corrected chi connectivity index (χ2v) is 6.94. The summed E-state index contributed by atoms with van der Waals surface area (Å²) in [5, 5.41) is 0. The normalized spacial score (nSPS) is 13.1. The Morgan fingerprint density at radius 1 is 1.28 bits per heavy atom. The van der Waals surface area contributed by atoms with Gasteiger partial charge in [0, 0.05) is 6.54 Å². The Kier molecular flexibility index (Phi) is 5.04. The number of rotatable bonds is 4. The maximum atomic E-state index is 11.8. The summed E-state index contributed by atoms with van der Waals surface area (Å²) in [5.41, 5.74) is 1.48. The van der Waals surface area contributed by atoms with Crippen molar-refractivity contribution in [3.8, 4) is 0 Å². The molecule has 0 radical (unpaired) electrons. The molecule has 4 nitrogen and oxygen atoms in total. The minimum atomic E-state index is -1.10. The lowest BCUT2D eigenvalue weighted by Crippen LogP contribution is -2.32. The van der Waals surface area contributed by atoms with Crippen LogP contribution in [0.3, 0.4) is 0 Å². The molecule has 0 saturated heterocycles. The fourth-order valence-electron chi connectivity index (χ4n) is 1.24. The molecule has 0 bridgehead atoms. The van der Waals surface area contributed by atoms with Gasteiger partial charge in [-0.25, -0.2) is 13.7 Å². The van der Waals surface area contributed by atoms with Crippen LogP contribution >= 0.6 is 0 Å². The molecule has 18 heavy (non-hydrogen) atoms. The molecule has 1 unspecified atom stereocenters. The number of ether oxygens (including phenoxy) is 1. The summed E-state index contributed by atoms with van der Waals surface area (Å²) in [7, 11) is 0.256. The molecule has 0 saturated carbocycles. The van der Waals surface area contributed by atoms with E-state index in [2.05, 4.69) is 9.46 Å². The van der Waals surface area contributed by atoms with E-state index in [4.69, 9.17) is 0 Å². The van der Waals surface area contributed by atoms with Gasteiger partial charge in [0.15, 0.2) is 0 Å². The van der Waals surface area contributed by atoms with E-state index >= 15 is 0 Å². The first kappa shape index (κ1) is 14.9. The first-order valence-electron chi connectivity index (χ1n) is 5.67. The number of carbonyl (C=O) groups is 1. The van der Waals surface area contributed by atoms with E-state index in [0.29, 0.717) is 12.1 Å². The van der Waals surface area contributed by atoms with Gasteiger partial charge in [-0.15, -0.1) is 0 Å². The highest BCUT2D eigenvalue weighted by Crippen LogP contribution is 2.10. The van der Waals surface area contributed by atoms with Gasteiger partial charge in [0.2, 0.25) is 0 Å². The van der Waals surface area contributed by atoms with Crippen LogP contribution in [0.5, 0.6) is 0 Å². The zero-order valence-electron chi connectivity index (χ0n) is 11.1. The summed E-state index contributed by atoms with van der Waals surface area (Å²) in [6.07, 6.45) is 0. The van der Waals surface area contributed by atoms with Gasteiger partial charge in [0.1, 0.15) is 0 Å². The Morgan fingerprint density at radius 2 is 1.83 bits per heavy atom. The van der Waals surface area contributed by atoms with Gasteiger partial charge in [0.25, 0.3) is 0 Å². The van der Waals surface area contributed by atoms with Crippen LogP contribution in [0.15, 0.2) is 24.3 Å². The van der Waals surface area contributed by atoms with Crippen LogP contribution in [0, 0.1) is 0 Å². The minimum absolute atomic E-state index is 0.286. The number of esters is 1. The van der Waals surface area contributed by atoms with Crippen LogP contribution in [0.25, 0.3) is 0 Å². The van der Waals surface area contributed by atoms with Gasteiger partial charge < -0.3 is 4.74 Å². The molecule has 0 spiro atoms. The zero-order valence-corrected chi connectivity index (χ0v) is 12.0. The Labute approximate surface area is 110 Å². The number of methoxy groups -OCH3 is 1. The van der Waals surface area contributed by atoms with Gasteiger partial charge in [-0.2, -0.15) is 0 Å². The molecule has 1 aromatic carbocycles. The maximum absolute atomic E-state index is 11.8.